The highest BCUT2D eigenvalue weighted by atomic mass is 15.0. The van der Waals surface area contributed by atoms with Crippen LogP contribution in [-0.4, -0.2) is 21.6 Å². The monoisotopic (exact) mass is 221 g/mol. The van der Waals surface area contributed by atoms with Crippen LogP contribution in [0, 0.1) is 0 Å². The van der Waals surface area contributed by atoms with Crippen molar-refractivity contribution in [2.24, 2.45) is 0 Å². The second kappa shape index (κ2) is 5.30. The number of aromatic nitrogens is 2. The zero-order chi connectivity index (χ0) is 12.2. The third kappa shape index (κ3) is 4.19. The van der Waals surface area contributed by atoms with Crippen LogP contribution in [0.3, 0.4) is 0 Å². The second-order valence-corrected chi connectivity index (χ2v) is 5.20. The lowest BCUT2D eigenvalue weighted by Crippen LogP contribution is -2.36. The number of nitrogens with zero attached hydrogens (tertiary/aromatic N) is 2. The number of aryl methyl sites for hydroxylation is 1. The molecule has 0 saturated heterocycles. The summed E-state index contributed by atoms with van der Waals surface area (Å²) in [7, 11) is 0. The molecule has 1 aromatic rings. The fourth-order valence-corrected chi connectivity index (χ4v) is 1.42. The predicted octanol–water partition coefficient (Wildman–Crippen LogP) is 2.69. The number of nitrogens with one attached hydrogen (secondary N) is 1. The van der Waals surface area contributed by atoms with Gasteiger partial charge in [-0.2, -0.15) is 0 Å². The smallest absolute Gasteiger partial charge is 0.0950 e. The van der Waals surface area contributed by atoms with E-state index in [1.807, 2.05) is 12.5 Å². The van der Waals surface area contributed by atoms with Gasteiger partial charge in [-0.1, -0.05) is 5.57 Å². The Morgan fingerprint density at radius 2 is 2.19 bits per heavy atom. The van der Waals surface area contributed by atoms with Crippen LogP contribution >= 0.6 is 0 Å². The topological polar surface area (TPSA) is 29.9 Å². The lowest BCUT2D eigenvalue weighted by Gasteiger charge is -2.20. The van der Waals surface area contributed by atoms with Gasteiger partial charge < -0.3 is 9.88 Å². The lowest BCUT2D eigenvalue weighted by molar-refractivity contribution is 0.445. The van der Waals surface area contributed by atoms with E-state index in [0.29, 0.717) is 0 Å². The molecule has 0 spiro atoms. The van der Waals surface area contributed by atoms with Crippen molar-refractivity contribution in [3.8, 4) is 0 Å². The maximum atomic E-state index is 4.15. The molecule has 0 fully saturated rings. The zero-order valence-electron chi connectivity index (χ0n) is 11.0. The molecule has 16 heavy (non-hydrogen) atoms. The van der Waals surface area contributed by atoms with Gasteiger partial charge >= 0.3 is 0 Å². The van der Waals surface area contributed by atoms with Crippen molar-refractivity contribution in [2.45, 2.75) is 46.7 Å². The molecular weight excluding hydrogens is 198 g/mol. The van der Waals surface area contributed by atoms with Crippen LogP contribution in [0.2, 0.25) is 0 Å². The third-order valence-electron chi connectivity index (χ3n) is 2.38. The van der Waals surface area contributed by atoms with E-state index in [9.17, 15) is 0 Å². The SMILES string of the molecule is CCn1cncc1C=C(C)CNC(C)(C)C. The minimum absolute atomic E-state index is 0.167. The van der Waals surface area contributed by atoms with Crippen LogP contribution in [0.4, 0.5) is 0 Å². The Bertz CT molecular complexity index is 355. The van der Waals surface area contributed by atoms with Gasteiger partial charge in [-0.25, -0.2) is 4.98 Å². The lowest BCUT2D eigenvalue weighted by atomic mass is 10.1. The van der Waals surface area contributed by atoms with E-state index >= 15 is 0 Å². The van der Waals surface area contributed by atoms with Crippen LogP contribution < -0.4 is 5.32 Å². The van der Waals surface area contributed by atoms with Gasteiger partial charge in [0.15, 0.2) is 0 Å². The maximum Gasteiger partial charge on any atom is 0.0950 e. The number of hydrogen-bond acceptors (Lipinski definition) is 2. The van der Waals surface area contributed by atoms with Crippen LogP contribution in [0.15, 0.2) is 18.1 Å². The maximum absolute atomic E-state index is 4.15. The van der Waals surface area contributed by atoms with Gasteiger partial charge in [-0.3, -0.25) is 0 Å². The zero-order valence-corrected chi connectivity index (χ0v) is 11.0. The average molecular weight is 221 g/mol. The molecule has 1 N–H and O–H groups in total. The van der Waals surface area contributed by atoms with Crippen molar-refractivity contribution in [2.75, 3.05) is 6.54 Å². The first-order valence-electron chi connectivity index (χ1n) is 5.84. The standard InChI is InChI=1S/C13H23N3/c1-6-16-10-14-9-12(16)7-11(2)8-15-13(3,4)5/h7,9-10,15H,6,8H2,1-5H3. The summed E-state index contributed by atoms with van der Waals surface area (Å²) < 4.78 is 2.14. The summed E-state index contributed by atoms with van der Waals surface area (Å²) in [6, 6.07) is 0. The van der Waals surface area contributed by atoms with E-state index in [1.54, 1.807) is 0 Å². The largest absolute Gasteiger partial charge is 0.331 e. The molecular formula is C13H23N3. The van der Waals surface area contributed by atoms with Crippen LogP contribution in [0.1, 0.15) is 40.3 Å². The van der Waals surface area contributed by atoms with E-state index in [2.05, 4.69) is 55.6 Å². The third-order valence-corrected chi connectivity index (χ3v) is 2.38. The molecule has 3 nitrogen and oxygen atoms in total. The summed E-state index contributed by atoms with van der Waals surface area (Å²) in [6.45, 7) is 12.7. The van der Waals surface area contributed by atoms with Crippen LogP contribution in [-0.2, 0) is 6.54 Å². The Balaban J connectivity index is 2.63. The molecule has 0 bridgehead atoms. The van der Waals surface area contributed by atoms with Crippen molar-refractivity contribution < 1.29 is 0 Å². The molecule has 0 aromatic carbocycles. The molecule has 0 radical (unpaired) electrons. The molecule has 1 heterocycles. The summed E-state index contributed by atoms with van der Waals surface area (Å²) >= 11 is 0. The van der Waals surface area contributed by atoms with E-state index in [-0.39, 0.29) is 5.54 Å². The molecule has 90 valence electrons. The number of hydrogen-bond donors (Lipinski definition) is 1. The molecule has 0 unspecified atom stereocenters. The van der Waals surface area contributed by atoms with Gasteiger partial charge in [0.05, 0.1) is 18.2 Å². The average Bonchev–Trinajstić information content (AvgIpc) is 2.61. The normalized spacial score (nSPS) is 13.2. The summed E-state index contributed by atoms with van der Waals surface area (Å²) in [5, 5.41) is 3.47. The highest BCUT2D eigenvalue weighted by Gasteiger charge is 2.08. The Morgan fingerprint density at radius 1 is 1.50 bits per heavy atom. The number of imidazole rings is 1. The van der Waals surface area contributed by atoms with E-state index in [1.165, 1.54) is 11.3 Å². The Kier molecular flexibility index (Phi) is 4.30. The highest BCUT2D eigenvalue weighted by Crippen LogP contribution is 2.07. The summed E-state index contributed by atoms with van der Waals surface area (Å²) in [6.07, 6.45) is 5.97. The fourth-order valence-electron chi connectivity index (χ4n) is 1.42. The molecule has 1 aromatic heterocycles. The summed E-state index contributed by atoms with van der Waals surface area (Å²) in [4.78, 5) is 4.15. The van der Waals surface area contributed by atoms with Gasteiger partial charge in [-0.05, 0) is 40.7 Å². The fraction of sp³-hybridized carbons (Fsp3) is 0.615. The predicted molar refractivity (Wildman–Crippen MR) is 69.3 cm³/mol. The molecule has 0 saturated carbocycles. The minimum atomic E-state index is 0.167. The Labute approximate surface area is 98.6 Å². The quantitative estimate of drug-likeness (QED) is 0.847. The van der Waals surface area contributed by atoms with E-state index in [4.69, 9.17) is 0 Å². The van der Waals surface area contributed by atoms with Crippen LogP contribution in [0.25, 0.3) is 6.08 Å². The van der Waals surface area contributed by atoms with E-state index in [0.717, 1.165) is 13.1 Å². The van der Waals surface area contributed by atoms with Crippen molar-refractivity contribution in [3.05, 3.63) is 23.8 Å². The first kappa shape index (κ1) is 13.0. The second-order valence-electron chi connectivity index (χ2n) is 5.20. The first-order chi connectivity index (χ1) is 7.42. The van der Waals surface area contributed by atoms with Gasteiger partial charge in [-0.15, -0.1) is 0 Å². The van der Waals surface area contributed by atoms with Crippen molar-refractivity contribution >= 4 is 6.08 Å². The molecule has 3 heteroatoms. The molecule has 0 aliphatic heterocycles. The van der Waals surface area contributed by atoms with Gasteiger partial charge in [0, 0.05) is 18.6 Å². The summed E-state index contributed by atoms with van der Waals surface area (Å²) in [5.41, 5.74) is 2.67. The van der Waals surface area contributed by atoms with Gasteiger partial charge in [0.1, 0.15) is 0 Å². The molecule has 0 aliphatic rings. The van der Waals surface area contributed by atoms with Crippen molar-refractivity contribution in [1.29, 1.82) is 0 Å². The Morgan fingerprint density at radius 3 is 2.75 bits per heavy atom. The van der Waals surface area contributed by atoms with Crippen LogP contribution in [0.5, 0.6) is 0 Å². The van der Waals surface area contributed by atoms with Crippen molar-refractivity contribution in [3.63, 3.8) is 0 Å². The van der Waals surface area contributed by atoms with Gasteiger partial charge in [0.2, 0.25) is 0 Å². The van der Waals surface area contributed by atoms with E-state index < -0.39 is 0 Å². The Hall–Kier alpha value is -1.09. The molecule has 0 atom stereocenters. The van der Waals surface area contributed by atoms with Gasteiger partial charge in [0.25, 0.3) is 0 Å². The minimum Gasteiger partial charge on any atom is -0.331 e. The molecule has 0 aliphatic carbocycles. The highest BCUT2D eigenvalue weighted by molar-refractivity contribution is 5.48. The number of rotatable bonds is 4. The molecule has 1 rings (SSSR count). The molecule has 0 amide bonds. The van der Waals surface area contributed by atoms with Crippen molar-refractivity contribution in [1.82, 2.24) is 14.9 Å². The summed E-state index contributed by atoms with van der Waals surface area (Å²) in [5.74, 6) is 0. The first-order valence-corrected chi connectivity index (χ1v) is 5.84.